The Bertz CT molecular complexity index is 370. The third-order valence-corrected chi connectivity index (χ3v) is 2.60. The molecule has 0 atom stereocenters. The molecule has 19 heavy (non-hydrogen) atoms. The number of hydrogen-bond acceptors (Lipinski definition) is 5. The molecule has 0 amide bonds. The zero-order valence-electron chi connectivity index (χ0n) is 12.0. The van der Waals surface area contributed by atoms with E-state index in [4.69, 9.17) is 0 Å². The molecule has 108 valence electrons. The van der Waals surface area contributed by atoms with Crippen LogP contribution in [-0.4, -0.2) is 48.6 Å². The lowest BCUT2D eigenvalue weighted by atomic mass is 10.3. The first kappa shape index (κ1) is 15.6. The second-order valence-corrected chi connectivity index (χ2v) is 4.75. The van der Waals surface area contributed by atoms with E-state index in [1.54, 1.807) is 0 Å². The average Bonchev–Trinajstić information content (AvgIpc) is 2.38. The second-order valence-electron chi connectivity index (χ2n) is 4.75. The average molecular weight is 269 g/mol. The van der Waals surface area contributed by atoms with Crippen molar-refractivity contribution in [3.63, 3.8) is 0 Å². The molecule has 0 bridgehead atoms. The SMILES string of the molecule is CCCNc1ncc(F)c(NCCCCN(C)C)n1. The molecule has 0 aliphatic heterocycles. The van der Waals surface area contributed by atoms with Crippen LogP contribution < -0.4 is 10.6 Å². The predicted octanol–water partition coefficient (Wildman–Crippen LogP) is 2.19. The molecule has 1 rings (SSSR count). The molecule has 1 heterocycles. The normalized spacial score (nSPS) is 10.8. The quantitative estimate of drug-likeness (QED) is 0.673. The minimum atomic E-state index is -0.408. The van der Waals surface area contributed by atoms with Crippen LogP contribution in [-0.2, 0) is 0 Å². The van der Waals surface area contributed by atoms with Crippen molar-refractivity contribution in [1.82, 2.24) is 14.9 Å². The maximum atomic E-state index is 13.5. The molecule has 0 aromatic carbocycles. The van der Waals surface area contributed by atoms with Crippen LogP contribution >= 0.6 is 0 Å². The van der Waals surface area contributed by atoms with E-state index in [1.165, 1.54) is 6.20 Å². The van der Waals surface area contributed by atoms with Crippen molar-refractivity contribution >= 4 is 11.8 Å². The molecule has 0 radical (unpaired) electrons. The molecular formula is C13H24FN5. The third-order valence-electron chi connectivity index (χ3n) is 2.60. The minimum absolute atomic E-state index is 0.276. The summed E-state index contributed by atoms with van der Waals surface area (Å²) in [5, 5.41) is 6.06. The molecule has 0 saturated heterocycles. The molecule has 1 aromatic rings. The zero-order chi connectivity index (χ0) is 14.1. The maximum absolute atomic E-state index is 13.5. The van der Waals surface area contributed by atoms with E-state index < -0.39 is 5.82 Å². The van der Waals surface area contributed by atoms with Crippen LogP contribution in [0.5, 0.6) is 0 Å². The molecule has 6 heteroatoms. The maximum Gasteiger partial charge on any atom is 0.224 e. The Hall–Kier alpha value is -1.43. The van der Waals surface area contributed by atoms with E-state index in [2.05, 4.69) is 32.4 Å². The number of aromatic nitrogens is 2. The first-order valence-corrected chi connectivity index (χ1v) is 6.78. The third kappa shape index (κ3) is 6.33. The van der Waals surface area contributed by atoms with Crippen molar-refractivity contribution in [2.24, 2.45) is 0 Å². The van der Waals surface area contributed by atoms with Crippen LogP contribution in [0.4, 0.5) is 16.2 Å². The fourth-order valence-corrected chi connectivity index (χ4v) is 1.57. The van der Waals surface area contributed by atoms with Crippen LogP contribution in [0.15, 0.2) is 6.20 Å². The van der Waals surface area contributed by atoms with Gasteiger partial charge in [0.1, 0.15) is 0 Å². The van der Waals surface area contributed by atoms with Gasteiger partial charge in [-0.05, 0) is 39.9 Å². The van der Waals surface area contributed by atoms with E-state index in [0.717, 1.165) is 38.9 Å². The van der Waals surface area contributed by atoms with Gasteiger partial charge in [-0.25, -0.2) is 9.37 Å². The summed E-state index contributed by atoms with van der Waals surface area (Å²) in [4.78, 5) is 10.2. The van der Waals surface area contributed by atoms with Crippen LogP contribution in [0.3, 0.4) is 0 Å². The molecule has 1 aromatic heterocycles. The largest absolute Gasteiger partial charge is 0.367 e. The summed E-state index contributed by atoms with van der Waals surface area (Å²) in [6.07, 6.45) is 4.24. The molecule has 0 aliphatic carbocycles. The zero-order valence-corrected chi connectivity index (χ0v) is 12.0. The first-order valence-electron chi connectivity index (χ1n) is 6.78. The first-order chi connectivity index (χ1) is 9.13. The van der Waals surface area contributed by atoms with Gasteiger partial charge in [0.15, 0.2) is 11.6 Å². The highest BCUT2D eigenvalue weighted by Gasteiger charge is 2.05. The number of hydrogen-bond donors (Lipinski definition) is 2. The van der Waals surface area contributed by atoms with Gasteiger partial charge in [-0.2, -0.15) is 4.98 Å². The van der Waals surface area contributed by atoms with Gasteiger partial charge in [0, 0.05) is 13.1 Å². The lowest BCUT2D eigenvalue weighted by molar-refractivity contribution is 0.396. The van der Waals surface area contributed by atoms with Gasteiger partial charge in [-0.1, -0.05) is 6.92 Å². The van der Waals surface area contributed by atoms with E-state index in [0.29, 0.717) is 5.95 Å². The fourth-order valence-electron chi connectivity index (χ4n) is 1.57. The molecule has 0 spiro atoms. The Balaban J connectivity index is 2.39. The Morgan fingerprint density at radius 1 is 1.21 bits per heavy atom. The van der Waals surface area contributed by atoms with Crippen molar-refractivity contribution < 1.29 is 4.39 Å². The van der Waals surface area contributed by atoms with Crippen LogP contribution in [0.25, 0.3) is 0 Å². The summed E-state index contributed by atoms with van der Waals surface area (Å²) in [7, 11) is 4.09. The minimum Gasteiger partial charge on any atom is -0.367 e. The smallest absolute Gasteiger partial charge is 0.224 e. The molecule has 0 saturated carbocycles. The van der Waals surface area contributed by atoms with Crippen molar-refractivity contribution in [2.75, 3.05) is 44.4 Å². The number of anilines is 2. The van der Waals surface area contributed by atoms with Crippen LogP contribution in [0.1, 0.15) is 26.2 Å². The summed E-state index contributed by atoms with van der Waals surface area (Å²) >= 11 is 0. The van der Waals surface area contributed by atoms with Gasteiger partial charge >= 0.3 is 0 Å². The number of rotatable bonds is 9. The van der Waals surface area contributed by atoms with Crippen LogP contribution in [0, 0.1) is 5.82 Å². The topological polar surface area (TPSA) is 53.1 Å². The standard InChI is InChI=1S/C13H24FN5/c1-4-7-16-13-17-10-11(14)12(18-13)15-8-5-6-9-19(2)3/h10H,4-9H2,1-3H3,(H2,15,16,17,18). The Kier molecular flexibility index (Phi) is 7.10. The number of unbranched alkanes of at least 4 members (excludes halogenated alkanes) is 1. The van der Waals surface area contributed by atoms with Crippen molar-refractivity contribution in [2.45, 2.75) is 26.2 Å². The van der Waals surface area contributed by atoms with Gasteiger partial charge in [0.05, 0.1) is 6.20 Å². The van der Waals surface area contributed by atoms with Crippen molar-refractivity contribution in [3.8, 4) is 0 Å². The van der Waals surface area contributed by atoms with E-state index in [9.17, 15) is 4.39 Å². The molecule has 5 nitrogen and oxygen atoms in total. The molecule has 0 aliphatic rings. The summed E-state index contributed by atoms with van der Waals surface area (Å²) < 4.78 is 13.5. The highest BCUT2D eigenvalue weighted by Crippen LogP contribution is 2.11. The summed E-state index contributed by atoms with van der Waals surface area (Å²) in [5.74, 6) is 0.340. The number of nitrogens with one attached hydrogen (secondary N) is 2. The monoisotopic (exact) mass is 269 g/mol. The second kappa shape index (κ2) is 8.63. The van der Waals surface area contributed by atoms with E-state index >= 15 is 0 Å². The Morgan fingerprint density at radius 2 is 2.00 bits per heavy atom. The summed E-state index contributed by atoms with van der Waals surface area (Å²) in [6, 6.07) is 0. The summed E-state index contributed by atoms with van der Waals surface area (Å²) in [5.41, 5.74) is 0. The fraction of sp³-hybridized carbons (Fsp3) is 0.692. The van der Waals surface area contributed by atoms with Gasteiger partial charge < -0.3 is 15.5 Å². The number of halogens is 1. The predicted molar refractivity (Wildman–Crippen MR) is 77.0 cm³/mol. The molecular weight excluding hydrogens is 245 g/mol. The molecule has 0 unspecified atom stereocenters. The van der Waals surface area contributed by atoms with Gasteiger partial charge in [-0.3, -0.25) is 0 Å². The summed E-state index contributed by atoms with van der Waals surface area (Å²) in [6.45, 7) is 4.60. The van der Waals surface area contributed by atoms with E-state index in [1.807, 2.05) is 14.1 Å². The van der Waals surface area contributed by atoms with Gasteiger partial charge in [-0.15, -0.1) is 0 Å². The Labute approximate surface area is 114 Å². The van der Waals surface area contributed by atoms with Crippen molar-refractivity contribution in [3.05, 3.63) is 12.0 Å². The van der Waals surface area contributed by atoms with Gasteiger partial charge in [0.25, 0.3) is 0 Å². The molecule has 2 N–H and O–H groups in total. The highest BCUT2D eigenvalue weighted by molar-refractivity contribution is 5.40. The highest BCUT2D eigenvalue weighted by atomic mass is 19.1. The lowest BCUT2D eigenvalue weighted by Gasteiger charge is -2.11. The van der Waals surface area contributed by atoms with Crippen molar-refractivity contribution in [1.29, 1.82) is 0 Å². The number of nitrogens with zero attached hydrogens (tertiary/aromatic N) is 3. The van der Waals surface area contributed by atoms with Crippen LogP contribution in [0.2, 0.25) is 0 Å². The lowest BCUT2D eigenvalue weighted by Crippen LogP contribution is -2.15. The Morgan fingerprint density at radius 3 is 2.68 bits per heavy atom. The van der Waals surface area contributed by atoms with E-state index in [-0.39, 0.29) is 5.82 Å². The van der Waals surface area contributed by atoms with Gasteiger partial charge in [0.2, 0.25) is 5.95 Å². The molecule has 0 fully saturated rings.